The number of benzene rings is 2. The van der Waals surface area contributed by atoms with Crippen molar-refractivity contribution in [3.8, 4) is 0 Å². The number of aliphatic carboxylic acids is 1. The number of carboxylic acid groups (broad SMARTS) is 1. The Morgan fingerprint density at radius 2 is 1.58 bits per heavy atom. The number of carbonyl (C=O) groups is 1. The molecule has 0 aromatic heterocycles. The normalized spacial score (nSPS) is 12.1. The van der Waals surface area contributed by atoms with Crippen molar-refractivity contribution in [3.05, 3.63) is 70.2 Å². The standard InChI is InChI=1S/C16H15BrO2/c17-14-8-6-13(7-9-14)15(10-11-16(18)19)12-4-2-1-3-5-12/h1-9,15H,10-11H2,(H,18,19). The summed E-state index contributed by atoms with van der Waals surface area (Å²) in [6, 6.07) is 18.1. The van der Waals surface area contributed by atoms with Gasteiger partial charge in [0.25, 0.3) is 0 Å². The summed E-state index contributed by atoms with van der Waals surface area (Å²) in [5, 5.41) is 8.89. The van der Waals surface area contributed by atoms with Crippen molar-refractivity contribution in [1.82, 2.24) is 0 Å². The molecule has 0 fully saturated rings. The van der Waals surface area contributed by atoms with Gasteiger partial charge in [-0.25, -0.2) is 0 Å². The van der Waals surface area contributed by atoms with Crippen molar-refractivity contribution >= 4 is 21.9 Å². The molecule has 1 N–H and O–H groups in total. The van der Waals surface area contributed by atoms with Crippen LogP contribution in [0.4, 0.5) is 0 Å². The van der Waals surface area contributed by atoms with Crippen LogP contribution in [0.2, 0.25) is 0 Å². The second-order valence-electron chi connectivity index (χ2n) is 4.45. The topological polar surface area (TPSA) is 37.3 Å². The molecule has 3 heteroatoms. The van der Waals surface area contributed by atoms with Gasteiger partial charge in [0.05, 0.1) is 0 Å². The molecule has 0 aliphatic carbocycles. The lowest BCUT2D eigenvalue weighted by Crippen LogP contribution is -2.05. The zero-order valence-corrected chi connectivity index (χ0v) is 12.0. The van der Waals surface area contributed by atoms with E-state index in [1.165, 1.54) is 0 Å². The van der Waals surface area contributed by atoms with E-state index < -0.39 is 5.97 Å². The highest BCUT2D eigenvalue weighted by molar-refractivity contribution is 9.10. The van der Waals surface area contributed by atoms with Crippen LogP contribution in [0, 0.1) is 0 Å². The van der Waals surface area contributed by atoms with E-state index in [0.29, 0.717) is 6.42 Å². The number of hydrogen-bond donors (Lipinski definition) is 1. The van der Waals surface area contributed by atoms with Gasteiger partial charge in [-0.1, -0.05) is 58.4 Å². The maximum Gasteiger partial charge on any atom is 0.303 e. The summed E-state index contributed by atoms with van der Waals surface area (Å²) < 4.78 is 1.03. The molecule has 0 bridgehead atoms. The van der Waals surface area contributed by atoms with E-state index in [1.807, 2.05) is 42.5 Å². The fourth-order valence-electron chi connectivity index (χ4n) is 2.17. The highest BCUT2D eigenvalue weighted by Gasteiger charge is 2.15. The van der Waals surface area contributed by atoms with Crippen LogP contribution in [0.15, 0.2) is 59.1 Å². The van der Waals surface area contributed by atoms with Crippen molar-refractivity contribution < 1.29 is 9.90 Å². The molecular formula is C16H15BrO2. The van der Waals surface area contributed by atoms with E-state index in [0.717, 1.165) is 15.6 Å². The molecule has 2 nitrogen and oxygen atoms in total. The van der Waals surface area contributed by atoms with Gasteiger partial charge in [0.2, 0.25) is 0 Å². The molecular weight excluding hydrogens is 304 g/mol. The zero-order chi connectivity index (χ0) is 13.7. The molecule has 2 rings (SSSR count). The average molecular weight is 319 g/mol. The van der Waals surface area contributed by atoms with Crippen molar-refractivity contribution in [1.29, 1.82) is 0 Å². The van der Waals surface area contributed by atoms with Gasteiger partial charge in [-0.2, -0.15) is 0 Å². The van der Waals surface area contributed by atoms with Crippen LogP contribution in [-0.4, -0.2) is 11.1 Å². The van der Waals surface area contributed by atoms with Crippen LogP contribution in [0.1, 0.15) is 29.9 Å². The molecule has 19 heavy (non-hydrogen) atoms. The molecule has 2 aromatic rings. The Morgan fingerprint density at radius 1 is 1.00 bits per heavy atom. The van der Waals surface area contributed by atoms with Crippen LogP contribution < -0.4 is 0 Å². The Hall–Kier alpha value is -1.61. The summed E-state index contributed by atoms with van der Waals surface area (Å²) >= 11 is 3.42. The number of halogens is 1. The molecule has 1 unspecified atom stereocenters. The molecule has 0 heterocycles. The van der Waals surface area contributed by atoms with E-state index in [1.54, 1.807) is 0 Å². The second-order valence-corrected chi connectivity index (χ2v) is 5.36. The van der Waals surface area contributed by atoms with Crippen LogP contribution in [-0.2, 0) is 4.79 Å². The number of rotatable bonds is 5. The summed E-state index contributed by atoms with van der Waals surface area (Å²) in [4.78, 5) is 10.8. The van der Waals surface area contributed by atoms with Gasteiger partial charge in [0.15, 0.2) is 0 Å². The number of carboxylic acids is 1. The molecule has 98 valence electrons. The smallest absolute Gasteiger partial charge is 0.303 e. The maximum absolute atomic E-state index is 10.8. The fraction of sp³-hybridized carbons (Fsp3) is 0.188. The number of hydrogen-bond acceptors (Lipinski definition) is 1. The lowest BCUT2D eigenvalue weighted by molar-refractivity contribution is -0.137. The van der Waals surface area contributed by atoms with Crippen LogP contribution in [0.3, 0.4) is 0 Å². The minimum absolute atomic E-state index is 0.130. The molecule has 0 amide bonds. The van der Waals surface area contributed by atoms with E-state index in [4.69, 9.17) is 5.11 Å². The highest BCUT2D eigenvalue weighted by Crippen LogP contribution is 2.29. The van der Waals surface area contributed by atoms with Gasteiger partial charge in [0.1, 0.15) is 0 Å². The van der Waals surface area contributed by atoms with Crippen LogP contribution in [0.25, 0.3) is 0 Å². The molecule has 0 aliphatic heterocycles. The molecule has 0 saturated carbocycles. The minimum Gasteiger partial charge on any atom is -0.481 e. The third-order valence-electron chi connectivity index (χ3n) is 3.12. The molecule has 0 aliphatic rings. The molecule has 1 atom stereocenters. The minimum atomic E-state index is -0.752. The fourth-order valence-corrected chi connectivity index (χ4v) is 2.44. The third-order valence-corrected chi connectivity index (χ3v) is 3.65. The molecule has 0 radical (unpaired) electrons. The van der Waals surface area contributed by atoms with Gasteiger partial charge in [-0.05, 0) is 29.7 Å². The monoisotopic (exact) mass is 318 g/mol. The van der Waals surface area contributed by atoms with E-state index in [2.05, 4.69) is 28.1 Å². The Kier molecular flexibility index (Phi) is 4.74. The quantitative estimate of drug-likeness (QED) is 0.884. The Morgan fingerprint density at radius 3 is 2.16 bits per heavy atom. The first-order chi connectivity index (χ1) is 9.16. The predicted octanol–water partition coefficient (Wildman–Crippen LogP) is 4.45. The van der Waals surface area contributed by atoms with Crippen molar-refractivity contribution in [2.24, 2.45) is 0 Å². The molecule has 2 aromatic carbocycles. The second kappa shape index (κ2) is 6.53. The van der Waals surface area contributed by atoms with Crippen molar-refractivity contribution in [3.63, 3.8) is 0 Å². The first-order valence-electron chi connectivity index (χ1n) is 6.19. The lowest BCUT2D eigenvalue weighted by atomic mass is 9.87. The molecule has 0 spiro atoms. The van der Waals surface area contributed by atoms with Crippen molar-refractivity contribution in [2.75, 3.05) is 0 Å². The predicted molar refractivity (Wildman–Crippen MR) is 79.3 cm³/mol. The van der Waals surface area contributed by atoms with E-state index in [9.17, 15) is 4.79 Å². The Labute approximate surface area is 121 Å². The SMILES string of the molecule is O=C(O)CCC(c1ccccc1)c1ccc(Br)cc1. The first kappa shape index (κ1) is 13.8. The van der Waals surface area contributed by atoms with Crippen molar-refractivity contribution in [2.45, 2.75) is 18.8 Å². The third kappa shape index (κ3) is 3.93. The van der Waals surface area contributed by atoms with Crippen LogP contribution >= 0.6 is 15.9 Å². The van der Waals surface area contributed by atoms with Gasteiger partial charge in [-0.3, -0.25) is 4.79 Å². The highest BCUT2D eigenvalue weighted by atomic mass is 79.9. The Balaban J connectivity index is 2.28. The summed E-state index contributed by atoms with van der Waals surface area (Å²) in [6.07, 6.45) is 0.788. The average Bonchev–Trinajstić information content (AvgIpc) is 2.42. The summed E-state index contributed by atoms with van der Waals surface area (Å²) in [6.45, 7) is 0. The van der Waals surface area contributed by atoms with E-state index >= 15 is 0 Å². The Bertz CT molecular complexity index is 534. The van der Waals surface area contributed by atoms with Gasteiger partial charge < -0.3 is 5.11 Å². The van der Waals surface area contributed by atoms with Gasteiger partial charge >= 0.3 is 5.97 Å². The lowest BCUT2D eigenvalue weighted by Gasteiger charge is -2.17. The zero-order valence-electron chi connectivity index (χ0n) is 10.4. The summed E-state index contributed by atoms with van der Waals surface area (Å²) in [7, 11) is 0. The summed E-state index contributed by atoms with van der Waals surface area (Å²) in [5.41, 5.74) is 2.31. The summed E-state index contributed by atoms with van der Waals surface area (Å²) in [5.74, 6) is -0.622. The van der Waals surface area contributed by atoms with E-state index in [-0.39, 0.29) is 12.3 Å². The van der Waals surface area contributed by atoms with Gasteiger partial charge in [-0.15, -0.1) is 0 Å². The molecule has 0 saturated heterocycles. The largest absolute Gasteiger partial charge is 0.481 e. The first-order valence-corrected chi connectivity index (χ1v) is 6.98. The maximum atomic E-state index is 10.8. The van der Waals surface area contributed by atoms with Crippen LogP contribution in [0.5, 0.6) is 0 Å². The van der Waals surface area contributed by atoms with Gasteiger partial charge in [0, 0.05) is 16.8 Å².